The second-order valence-corrected chi connectivity index (χ2v) is 10.6. The van der Waals surface area contributed by atoms with Crippen LogP contribution in [0, 0.1) is 17.8 Å². The lowest BCUT2D eigenvalue weighted by molar-refractivity contribution is -0.141. The largest absolute Gasteiger partial charge is 0.481 e. The Hall–Kier alpha value is -1.65. The third-order valence-corrected chi connectivity index (χ3v) is 7.31. The molecule has 31 heavy (non-hydrogen) atoms. The number of hydrogen-bond donors (Lipinski definition) is 2. The number of carbonyl (C=O) groups excluding carboxylic acids is 1. The van der Waals surface area contributed by atoms with Gasteiger partial charge in [-0.2, -0.15) is 0 Å². The van der Waals surface area contributed by atoms with Gasteiger partial charge in [0.15, 0.2) is 8.03 Å². The van der Waals surface area contributed by atoms with Crippen LogP contribution in [0.2, 0.25) is 0 Å². The van der Waals surface area contributed by atoms with Crippen molar-refractivity contribution in [3.8, 4) is 0 Å². The number of rotatable bonds is 13. The Bertz CT molecular complexity index is 703. The molecule has 6 nitrogen and oxygen atoms in total. The average Bonchev–Trinajstić information content (AvgIpc) is 2.75. The summed E-state index contributed by atoms with van der Waals surface area (Å²) in [4.78, 5) is 24.0. The van der Waals surface area contributed by atoms with Crippen molar-refractivity contribution in [1.29, 1.82) is 0 Å². The Balaban J connectivity index is 1.89. The second-order valence-electron chi connectivity index (χ2n) is 9.11. The number of amides is 1. The predicted molar refractivity (Wildman–Crippen MR) is 124 cm³/mol. The van der Waals surface area contributed by atoms with Gasteiger partial charge in [0.25, 0.3) is 0 Å². The smallest absolute Gasteiger partial charge is 0.307 e. The zero-order chi connectivity index (χ0) is 22.6. The van der Waals surface area contributed by atoms with Crippen LogP contribution in [-0.4, -0.2) is 35.8 Å². The fourth-order valence-electron chi connectivity index (χ4n) is 4.30. The normalized spacial score (nSPS) is 17.8. The van der Waals surface area contributed by atoms with E-state index in [1.807, 2.05) is 44.2 Å². The van der Waals surface area contributed by atoms with Gasteiger partial charge in [0.2, 0.25) is 5.91 Å². The molecule has 3 atom stereocenters. The molecule has 0 aliphatic heterocycles. The predicted octanol–water partition coefficient (Wildman–Crippen LogP) is 4.92. The van der Waals surface area contributed by atoms with E-state index in [-0.39, 0.29) is 30.6 Å². The minimum atomic E-state index is -2.48. The van der Waals surface area contributed by atoms with Gasteiger partial charge >= 0.3 is 5.97 Å². The van der Waals surface area contributed by atoms with Gasteiger partial charge in [-0.05, 0) is 43.1 Å². The molecule has 0 radical (unpaired) electrons. The van der Waals surface area contributed by atoms with Crippen LogP contribution < -0.4 is 5.32 Å². The van der Waals surface area contributed by atoms with Gasteiger partial charge in [-0.1, -0.05) is 63.4 Å². The van der Waals surface area contributed by atoms with Crippen molar-refractivity contribution in [2.75, 3.05) is 12.8 Å². The van der Waals surface area contributed by atoms with Crippen molar-refractivity contribution >= 4 is 19.9 Å². The maximum absolute atomic E-state index is 12.6. The van der Waals surface area contributed by atoms with Crippen LogP contribution in [0.4, 0.5) is 0 Å². The lowest BCUT2D eigenvalue weighted by Gasteiger charge is -2.31. The summed E-state index contributed by atoms with van der Waals surface area (Å²) in [5, 5.41) is 12.5. The van der Waals surface area contributed by atoms with Crippen molar-refractivity contribution in [3.05, 3.63) is 35.9 Å². The molecule has 2 rings (SSSR count). The highest BCUT2D eigenvalue weighted by molar-refractivity contribution is 7.39. The minimum absolute atomic E-state index is 0.0223. The summed E-state index contributed by atoms with van der Waals surface area (Å²) < 4.78 is 18.2. The Morgan fingerprint density at radius 1 is 1.16 bits per heavy atom. The quantitative estimate of drug-likeness (QED) is 0.415. The summed E-state index contributed by atoms with van der Waals surface area (Å²) in [5.74, 6) is -1.07. The summed E-state index contributed by atoms with van der Waals surface area (Å²) in [6.45, 7) is 4.10. The summed E-state index contributed by atoms with van der Waals surface area (Å²) in [6, 6.07) is 9.74. The molecule has 0 spiro atoms. The van der Waals surface area contributed by atoms with Crippen molar-refractivity contribution < 1.29 is 23.8 Å². The van der Waals surface area contributed by atoms with E-state index in [1.165, 1.54) is 6.42 Å². The first kappa shape index (κ1) is 25.6. The first-order valence-electron chi connectivity index (χ1n) is 11.6. The monoisotopic (exact) mass is 451 g/mol. The number of benzene rings is 1. The van der Waals surface area contributed by atoms with E-state index in [0.717, 1.165) is 31.2 Å². The first-order chi connectivity index (χ1) is 14.8. The molecule has 174 valence electrons. The van der Waals surface area contributed by atoms with E-state index in [2.05, 4.69) is 5.32 Å². The summed E-state index contributed by atoms with van der Waals surface area (Å²) in [5.41, 5.74) is 1.12. The van der Waals surface area contributed by atoms with Gasteiger partial charge in [0, 0.05) is 12.6 Å². The Labute approximate surface area is 187 Å². The van der Waals surface area contributed by atoms with Gasteiger partial charge in [-0.15, -0.1) is 0 Å². The molecule has 1 fully saturated rings. The first-order valence-corrected chi connectivity index (χ1v) is 13.1. The molecule has 0 aromatic heterocycles. The van der Waals surface area contributed by atoms with E-state index in [0.29, 0.717) is 25.2 Å². The van der Waals surface area contributed by atoms with E-state index in [9.17, 15) is 19.3 Å². The standard InChI is InChI=1S/C24H38NO5P/c1-18(2)15-21(24(27)28)17-31(29)30-16-22(20-11-7-4-8-12-20)25-23(26)14-13-19-9-5-3-6-10-19/h3,5-6,9-10,18,20-22,31H,4,7-8,11-17H2,1-2H3,(H,25,26)(H,27,28). The van der Waals surface area contributed by atoms with E-state index >= 15 is 0 Å². The van der Waals surface area contributed by atoms with E-state index in [4.69, 9.17) is 4.52 Å². The van der Waals surface area contributed by atoms with E-state index < -0.39 is 19.9 Å². The van der Waals surface area contributed by atoms with Crippen LogP contribution in [0.1, 0.15) is 64.4 Å². The van der Waals surface area contributed by atoms with Crippen LogP contribution in [0.5, 0.6) is 0 Å². The molecule has 0 saturated heterocycles. The number of carboxylic acid groups (broad SMARTS) is 1. The van der Waals surface area contributed by atoms with Gasteiger partial charge in [0.05, 0.1) is 18.6 Å². The molecule has 2 N–H and O–H groups in total. The van der Waals surface area contributed by atoms with Crippen LogP contribution in [0.15, 0.2) is 30.3 Å². The number of nitrogens with one attached hydrogen (secondary N) is 1. The number of aliphatic carboxylic acids is 1. The summed E-state index contributed by atoms with van der Waals surface area (Å²) >= 11 is 0. The summed E-state index contributed by atoms with van der Waals surface area (Å²) in [6.07, 6.45) is 7.14. The maximum atomic E-state index is 12.6. The van der Waals surface area contributed by atoms with Crippen molar-refractivity contribution in [3.63, 3.8) is 0 Å². The van der Waals surface area contributed by atoms with Gasteiger partial charge in [0.1, 0.15) is 0 Å². The molecule has 1 aliphatic rings. The molecule has 1 aromatic rings. The van der Waals surface area contributed by atoms with Gasteiger partial charge < -0.3 is 14.9 Å². The highest BCUT2D eigenvalue weighted by atomic mass is 31.1. The lowest BCUT2D eigenvalue weighted by atomic mass is 9.84. The van der Waals surface area contributed by atoms with Crippen molar-refractivity contribution in [2.24, 2.45) is 17.8 Å². The van der Waals surface area contributed by atoms with Crippen LogP contribution in [0.25, 0.3) is 0 Å². The lowest BCUT2D eigenvalue weighted by Crippen LogP contribution is -2.44. The maximum Gasteiger partial charge on any atom is 0.307 e. The zero-order valence-electron chi connectivity index (χ0n) is 18.8. The van der Waals surface area contributed by atoms with Crippen molar-refractivity contribution in [1.82, 2.24) is 5.32 Å². The third kappa shape index (κ3) is 10.0. The Morgan fingerprint density at radius 3 is 2.45 bits per heavy atom. The molecular formula is C24H38NO5P. The van der Waals surface area contributed by atoms with Gasteiger partial charge in [-0.3, -0.25) is 14.2 Å². The molecule has 1 aromatic carbocycles. The molecule has 1 saturated carbocycles. The zero-order valence-corrected chi connectivity index (χ0v) is 19.8. The highest BCUT2D eigenvalue weighted by Gasteiger charge is 2.27. The van der Waals surface area contributed by atoms with Crippen LogP contribution in [0.3, 0.4) is 0 Å². The topological polar surface area (TPSA) is 92.7 Å². The fourth-order valence-corrected chi connectivity index (χ4v) is 5.52. The third-order valence-electron chi connectivity index (χ3n) is 5.99. The fraction of sp³-hybridized carbons (Fsp3) is 0.667. The van der Waals surface area contributed by atoms with Gasteiger partial charge in [-0.25, -0.2) is 0 Å². The molecule has 3 unspecified atom stereocenters. The number of carbonyl (C=O) groups is 2. The minimum Gasteiger partial charge on any atom is -0.481 e. The SMILES string of the molecule is CC(C)CC(C[PH](=O)OCC(NC(=O)CCc1ccccc1)C1CCCCC1)C(=O)O. The molecule has 0 bridgehead atoms. The van der Waals surface area contributed by atoms with Crippen LogP contribution in [-0.2, 0) is 25.1 Å². The van der Waals surface area contributed by atoms with Crippen molar-refractivity contribution in [2.45, 2.75) is 71.3 Å². The molecule has 1 amide bonds. The molecule has 7 heteroatoms. The Morgan fingerprint density at radius 2 is 1.84 bits per heavy atom. The average molecular weight is 452 g/mol. The van der Waals surface area contributed by atoms with E-state index in [1.54, 1.807) is 0 Å². The molecular weight excluding hydrogens is 413 g/mol. The van der Waals surface area contributed by atoms with Crippen LogP contribution >= 0.6 is 8.03 Å². The number of carboxylic acids is 1. The molecule has 0 heterocycles. The Kier molecular flexibility index (Phi) is 11.3. The second kappa shape index (κ2) is 13.7. The number of aryl methyl sites for hydroxylation is 1. The number of hydrogen-bond acceptors (Lipinski definition) is 4. The highest BCUT2D eigenvalue weighted by Crippen LogP contribution is 2.32. The summed E-state index contributed by atoms with van der Waals surface area (Å²) in [7, 11) is -2.48. The molecule has 1 aliphatic carbocycles.